The minimum atomic E-state index is -4.25. The van der Waals surface area contributed by atoms with Gasteiger partial charge in [0.05, 0.1) is 46.9 Å². The lowest BCUT2D eigenvalue weighted by atomic mass is 9.80. The molecule has 2 saturated heterocycles. The Morgan fingerprint density at radius 3 is 1.98 bits per heavy atom. The molecule has 1 spiro atoms. The van der Waals surface area contributed by atoms with Crippen LogP contribution in [0.15, 0.2) is 126 Å². The summed E-state index contributed by atoms with van der Waals surface area (Å²) >= 11 is 0. The number of benzene rings is 5. The van der Waals surface area contributed by atoms with Crippen molar-refractivity contribution in [2.24, 2.45) is 0 Å². The molecule has 0 amide bonds. The minimum Gasteiger partial charge on any atom is -0.467 e. The molecule has 9 rings (SSSR count). The Labute approximate surface area is 321 Å². The number of hydrogen-bond donors (Lipinski definition) is 0. The van der Waals surface area contributed by atoms with E-state index in [1.165, 1.54) is 11.4 Å². The molecular formula is C44H42N2O8S. The van der Waals surface area contributed by atoms with Crippen molar-refractivity contribution >= 4 is 21.5 Å². The van der Waals surface area contributed by atoms with Gasteiger partial charge in [-0.05, 0) is 65.9 Å². The Kier molecular flexibility index (Phi) is 8.92. The van der Waals surface area contributed by atoms with Crippen molar-refractivity contribution in [3.05, 3.63) is 149 Å². The zero-order valence-electron chi connectivity index (χ0n) is 30.9. The molecule has 3 aliphatic heterocycles. The highest BCUT2D eigenvalue weighted by Gasteiger charge is 2.73. The number of ether oxygens (including phenoxy) is 5. The summed E-state index contributed by atoms with van der Waals surface area (Å²) in [6.07, 6.45) is -0.832. The molecule has 3 heterocycles. The van der Waals surface area contributed by atoms with Crippen LogP contribution in [-0.2, 0) is 44.9 Å². The maximum absolute atomic E-state index is 15.5. The SMILES string of the molecule is CCOC(OCC)c1cc(OCOC)c2c(c1)N(S(=O)(=O)c1ccccc1)C[C@H]1[C@@H](C(=O)[C@@]23CO3)N1C1(c2ccccc2)c2ccccc2-c2ccccc21. The maximum atomic E-state index is 15.5. The van der Waals surface area contributed by atoms with E-state index in [4.69, 9.17) is 23.7 Å². The smallest absolute Gasteiger partial charge is 0.264 e. The third kappa shape index (κ3) is 5.40. The lowest BCUT2D eigenvalue weighted by Gasteiger charge is -2.36. The number of hydrogen-bond acceptors (Lipinski definition) is 9. The lowest BCUT2D eigenvalue weighted by molar-refractivity contribution is -0.140. The topological polar surface area (TPSA) is 107 Å². The third-order valence-electron chi connectivity index (χ3n) is 11.2. The highest BCUT2D eigenvalue weighted by molar-refractivity contribution is 7.92. The second-order valence-electron chi connectivity index (χ2n) is 14.1. The number of rotatable bonds is 12. The fourth-order valence-electron chi connectivity index (χ4n) is 8.93. The van der Waals surface area contributed by atoms with E-state index >= 15 is 13.2 Å². The summed E-state index contributed by atoms with van der Waals surface area (Å²) in [4.78, 5) is 17.8. The number of carbonyl (C=O) groups excluding carboxylic acids is 1. The largest absolute Gasteiger partial charge is 0.467 e. The van der Waals surface area contributed by atoms with Crippen LogP contribution < -0.4 is 9.04 Å². The molecule has 0 saturated carbocycles. The first kappa shape index (κ1) is 35.8. The molecule has 10 nitrogen and oxygen atoms in total. The van der Waals surface area contributed by atoms with Gasteiger partial charge >= 0.3 is 0 Å². The molecule has 5 aromatic rings. The molecular weight excluding hydrogens is 717 g/mol. The summed E-state index contributed by atoms with van der Waals surface area (Å²) in [7, 11) is -2.74. The van der Waals surface area contributed by atoms with Gasteiger partial charge in [-0.3, -0.25) is 14.0 Å². The predicted molar refractivity (Wildman–Crippen MR) is 206 cm³/mol. The van der Waals surface area contributed by atoms with E-state index in [0.717, 1.165) is 27.8 Å². The number of Topliss-reactive ketones (excluding diaryl/α,β-unsaturated/α-hetero) is 1. The van der Waals surface area contributed by atoms with Gasteiger partial charge in [-0.2, -0.15) is 0 Å². The highest BCUT2D eigenvalue weighted by atomic mass is 32.2. The third-order valence-corrected chi connectivity index (χ3v) is 13.0. The first-order valence-corrected chi connectivity index (χ1v) is 20.1. The van der Waals surface area contributed by atoms with Gasteiger partial charge in [-0.25, -0.2) is 8.42 Å². The van der Waals surface area contributed by atoms with Gasteiger partial charge in [0, 0.05) is 25.9 Å². The first-order chi connectivity index (χ1) is 26.8. The summed E-state index contributed by atoms with van der Waals surface area (Å²) in [5, 5.41) is 0. The van der Waals surface area contributed by atoms with E-state index in [0.29, 0.717) is 24.3 Å². The standard InChI is InChI=1S/C44H42N2O8S/c1-4-51-42(52-5-2)29-24-36-39(38(25-29)53-28-50-3)43(27-54-43)41(47)40-37(26-45(36)55(48,49)31-18-10-7-11-19-31)46(40)44(30-16-8-6-9-17-30)34-22-14-12-20-32(34)33-21-13-15-23-35(33)44/h6-25,37,40,42H,4-5,26-28H2,1-3H3/t37-,40-,43+,46?/m0/s1. The van der Waals surface area contributed by atoms with Crippen LogP contribution in [0, 0.1) is 0 Å². The Balaban J connectivity index is 1.31. The molecule has 0 radical (unpaired) electrons. The number of sulfonamides is 1. The van der Waals surface area contributed by atoms with Crippen LogP contribution in [0.5, 0.6) is 5.75 Å². The molecule has 11 heteroatoms. The van der Waals surface area contributed by atoms with Crippen LogP contribution in [0.25, 0.3) is 11.1 Å². The molecule has 282 valence electrons. The Bertz CT molecular complexity index is 2310. The fourth-order valence-corrected chi connectivity index (χ4v) is 10.4. The van der Waals surface area contributed by atoms with Crippen molar-refractivity contribution < 1.29 is 36.9 Å². The Morgan fingerprint density at radius 1 is 0.818 bits per heavy atom. The zero-order chi connectivity index (χ0) is 38.0. The van der Waals surface area contributed by atoms with Gasteiger partial charge in [0.15, 0.2) is 24.5 Å². The second kappa shape index (κ2) is 13.7. The van der Waals surface area contributed by atoms with Crippen LogP contribution in [-0.4, -0.2) is 71.5 Å². The van der Waals surface area contributed by atoms with Crippen molar-refractivity contribution in [3.63, 3.8) is 0 Å². The first-order valence-electron chi connectivity index (χ1n) is 18.7. The molecule has 5 aromatic carbocycles. The molecule has 0 bridgehead atoms. The van der Waals surface area contributed by atoms with Crippen molar-refractivity contribution in [1.82, 2.24) is 4.90 Å². The van der Waals surface area contributed by atoms with Gasteiger partial charge in [0.1, 0.15) is 5.75 Å². The zero-order valence-corrected chi connectivity index (χ0v) is 31.7. The quantitative estimate of drug-likeness (QED) is 0.101. The van der Waals surface area contributed by atoms with Crippen LogP contribution in [0.1, 0.15) is 48.0 Å². The van der Waals surface area contributed by atoms with E-state index in [1.54, 1.807) is 42.5 Å². The van der Waals surface area contributed by atoms with Gasteiger partial charge in [0.25, 0.3) is 10.0 Å². The highest BCUT2D eigenvalue weighted by Crippen LogP contribution is 2.63. The van der Waals surface area contributed by atoms with Gasteiger partial charge in [-0.1, -0.05) is 97.1 Å². The molecule has 1 aliphatic carbocycles. The summed E-state index contributed by atoms with van der Waals surface area (Å²) in [6.45, 7) is 4.30. The van der Waals surface area contributed by atoms with E-state index in [-0.39, 0.29) is 42.1 Å². The Morgan fingerprint density at radius 2 is 1.40 bits per heavy atom. The van der Waals surface area contributed by atoms with Crippen molar-refractivity contribution in [2.75, 3.05) is 44.6 Å². The van der Waals surface area contributed by atoms with Gasteiger partial charge in [-0.15, -0.1) is 0 Å². The van der Waals surface area contributed by atoms with E-state index in [2.05, 4.69) is 41.3 Å². The second-order valence-corrected chi connectivity index (χ2v) is 16.0. The van der Waals surface area contributed by atoms with Crippen LogP contribution >= 0.6 is 0 Å². The molecule has 0 N–H and O–H groups in total. The van der Waals surface area contributed by atoms with Crippen LogP contribution in [0.4, 0.5) is 5.69 Å². The number of carbonyl (C=O) groups is 1. The van der Waals surface area contributed by atoms with Gasteiger partial charge in [0.2, 0.25) is 0 Å². The average molecular weight is 759 g/mol. The molecule has 4 atom stereocenters. The Hall–Kier alpha value is -4.88. The maximum Gasteiger partial charge on any atom is 0.264 e. The van der Waals surface area contributed by atoms with Crippen LogP contribution in [0.2, 0.25) is 0 Å². The number of anilines is 1. The molecule has 0 aromatic heterocycles. The number of nitrogens with zero attached hydrogens (tertiary/aromatic N) is 2. The van der Waals surface area contributed by atoms with Crippen LogP contribution in [0.3, 0.4) is 0 Å². The molecule has 4 aliphatic rings. The normalized spacial score (nSPS) is 23.0. The molecule has 2 fully saturated rings. The van der Waals surface area contributed by atoms with E-state index in [9.17, 15) is 0 Å². The van der Waals surface area contributed by atoms with E-state index < -0.39 is 39.5 Å². The van der Waals surface area contributed by atoms with Crippen molar-refractivity contribution in [1.29, 1.82) is 0 Å². The van der Waals surface area contributed by atoms with E-state index in [1.807, 2.05) is 56.3 Å². The fraction of sp³-hybridized carbons (Fsp3) is 0.295. The summed E-state index contributed by atoms with van der Waals surface area (Å²) in [5.74, 6) is 0.117. The average Bonchev–Trinajstić information content (AvgIpc) is 4.14. The van der Waals surface area contributed by atoms with Gasteiger partial charge < -0.3 is 23.7 Å². The lowest BCUT2D eigenvalue weighted by Crippen LogP contribution is -2.41. The minimum absolute atomic E-state index is 0.0310. The van der Waals surface area contributed by atoms with Crippen molar-refractivity contribution in [2.45, 2.75) is 48.3 Å². The monoisotopic (exact) mass is 758 g/mol. The number of methoxy groups -OCH3 is 1. The van der Waals surface area contributed by atoms with Crippen molar-refractivity contribution in [3.8, 4) is 16.9 Å². The number of epoxide rings is 1. The summed E-state index contributed by atoms with van der Waals surface area (Å²) < 4.78 is 61.8. The predicted octanol–water partition coefficient (Wildman–Crippen LogP) is 6.77. The summed E-state index contributed by atoms with van der Waals surface area (Å²) in [6, 6.07) is 37.4. The number of ketones is 1. The summed E-state index contributed by atoms with van der Waals surface area (Å²) in [5.41, 5.74) is 3.94. The molecule has 55 heavy (non-hydrogen) atoms. The molecule has 1 unspecified atom stereocenters. The number of fused-ring (bicyclic) bond motifs is 6.